The van der Waals surface area contributed by atoms with Crippen molar-refractivity contribution in [3.05, 3.63) is 47.5 Å². The van der Waals surface area contributed by atoms with E-state index >= 15 is 0 Å². The van der Waals surface area contributed by atoms with Crippen molar-refractivity contribution >= 4 is 5.78 Å². The Kier molecular flexibility index (Phi) is 6.66. The van der Waals surface area contributed by atoms with Gasteiger partial charge >= 0.3 is 0 Å². The van der Waals surface area contributed by atoms with Gasteiger partial charge in [-0.3, -0.25) is 4.79 Å². The van der Waals surface area contributed by atoms with Gasteiger partial charge in [0, 0.05) is 13.0 Å². The van der Waals surface area contributed by atoms with Gasteiger partial charge in [0.2, 0.25) is 0 Å². The van der Waals surface area contributed by atoms with Crippen molar-refractivity contribution in [2.75, 3.05) is 6.54 Å². The van der Waals surface area contributed by atoms with Gasteiger partial charge in [-0.15, -0.1) is 0 Å². The Morgan fingerprint density at radius 1 is 1.15 bits per heavy atom. The number of hydrogen-bond donors (Lipinski definition) is 1. The molecule has 0 aromatic heterocycles. The summed E-state index contributed by atoms with van der Waals surface area (Å²) >= 11 is 0. The van der Waals surface area contributed by atoms with Crippen LogP contribution in [0.5, 0.6) is 0 Å². The molecule has 1 aliphatic carbocycles. The number of nitrogens with one attached hydrogen (secondary N) is 1. The smallest absolute Gasteiger partial charge is 0.156 e. The molecule has 1 aromatic carbocycles. The summed E-state index contributed by atoms with van der Waals surface area (Å²) in [7, 11) is 0. The van der Waals surface area contributed by atoms with Gasteiger partial charge in [0.1, 0.15) is 0 Å². The van der Waals surface area contributed by atoms with Crippen LogP contribution in [0, 0.1) is 5.41 Å². The highest BCUT2D eigenvalue weighted by molar-refractivity contribution is 5.91. The molecule has 110 valence electrons. The topological polar surface area (TPSA) is 29.1 Å². The van der Waals surface area contributed by atoms with Gasteiger partial charge in [-0.05, 0) is 36.9 Å². The van der Waals surface area contributed by atoms with E-state index in [4.69, 9.17) is 0 Å². The summed E-state index contributed by atoms with van der Waals surface area (Å²) in [5.74, 6) is 0.286. The molecule has 0 saturated carbocycles. The van der Waals surface area contributed by atoms with Gasteiger partial charge in [-0.2, -0.15) is 0 Å². The molecule has 0 heterocycles. The van der Waals surface area contributed by atoms with E-state index in [2.05, 4.69) is 50.4 Å². The summed E-state index contributed by atoms with van der Waals surface area (Å²) in [6.45, 7) is 10.4. The number of ketones is 1. The Morgan fingerprint density at radius 2 is 1.80 bits per heavy atom. The lowest BCUT2D eigenvalue weighted by Crippen LogP contribution is -2.20. The first-order chi connectivity index (χ1) is 9.43. The molecule has 2 nitrogen and oxygen atoms in total. The van der Waals surface area contributed by atoms with Crippen LogP contribution in [0.4, 0.5) is 0 Å². The fraction of sp³-hybridized carbons (Fsp3) is 0.500. The Hall–Kier alpha value is -1.41. The highest BCUT2D eigenvalue weighted by Crippen LogP contribution is 2.32. The summed E-state index contributed by atoms with van der Waals surface area (Å²) in [5, 5.41) is 3.26. The van der Waals surface area contributed by atoms with E-state index < -0.39 is 0 Å². The quantitative estimate of drug-likeness (QED) is 0.897. The van der Waals surface area contributed by atoms with Crippen molar-refractivity contribution in [2.45, 2.75) is 47.1 Å². The Morgan fingerprint density at radius 3 is 2.30 bits per heavy atom. The molecule has 2 heteroatoms. The van der Waals surface area contributed by atoms with Crippen molar-refractivity contribution in [2.24, 2.45) is 5.41 Å². The van der Waals surface area contributed by atoms with E-state index in [-0.39, 0.29) is 11.2 Å². The molecule has 0 fully saturated rings. The molecule has 1 N–H and O–H groups in total. The van der Waals surface area contributed by atoms with Crippen LogP contribution in [0.2, 0.25) is 0 Å². The second kappa shape index (κ2) is 8.01. The first-order valence-corrected chi connectivity index (χ1v) is 7.37. The number of carbonyl (C=O) groups is 1. The van der Waals surface area contributed by atoms with E-state index in [0.717, 1.165) is 19.5 Å². The average molecular weight is 273 g/mol. The Bertz CT molecular complexity index is 446. The minimum atomic E-state index is 0.204. The maximum absolute atomic E-state index is 11.0. The zero-order valence-electron chi connectivity index (χ0n) is 13.2. The maximum atomic E-state index is 11.0. The van der Waals surface area contributed by atoms with Crippen LogP contribution >= 0.6 is 0 Å². The van der Waals surface area contributed by atoms with Crippen molar-refractivity contribution in [3.63, 3.8) is 0 Å². The first kappa shape index (κ1) is 16.6. The van der Waals surface area contributed by atoms with Crippen molar-refractivity contribution in [1.82, 2.24) is 5.32 Å². The Labute approximate surface area is 123 Å². The molecule has 1 aliphatic rings. The predicted molar refractivity (Wildman–Crippen MR) is 85.6 cm³/mol. The Balaban J connectivity index is 0.000000200. The third-order valence-corrected chi connectivity index (χ3v) is 3.24. The van der Waals surface area contributed by atoms with Crippen molar-refractivity contribution in [1.29, 1.82) is 0 Å². The molecule has 0 amide bonds. The van der Waals surface area contributed by atoms with E-state index in [1.54, 1.807) is 6.08 Å². The molecule has 1 aromatic rings. The summed E-state index contributed by atoms with van der Waals surface area (Å²) in [4.78, 5) is 11.0. The van der Waals surface area contributed by atoms with E-state index in [9.17, 15) is 4.79 Å². The van der Waals surface area contributed by atoms with E-state index in [1.165, 1.54) is 11.1 Å². The molecule has 0 bridgehead atoms. The molecule has 0 saturated heterocycles. The molecule has 20 heavy (non-hydrogen) atoms. The van der Waals surface area contributed by atoms with Crippen LogP contribution in [-0.2, 0) is 11.3 Å². The summed E-state index contributed by atoms with van der Waals surface area (Å²) in [6.07, 6.45) is 3.55. The van der Waals surface area contributed by atoms with Crippen LogP contribution in [0.15, 0.2) is 42.0 Å². The lowest BCUT2D eigenvalue weighted by atomic mass is 9.77. The van der Waals surface area contributed by atoms with E-state index in [0.29, 0.717) is 6.42 Å². The normalized spacial score (nSPS) is 17.0. The van der Waals surface area contributed by atoms with Crippen LogP contribution < -0.4 is 5.32 Å². The van der Waals surface area contributed by atoms with Gasteiger partial charge in [0.15, 0.2) is 5.78 Å². The summed E-state index contributed by atoms with van der Waals surface area (Å²) < 4.78 is 0. The fourth-order valence-corrected chi connectivity index (χ4v) is 2.53. The average Bonchev–Trinajstić information content (AvgIpc) is 2.35. The third kappa shape index (κ3) is 6.67. The molecule has 0 aliphatic heterocycles. The minimum absolute atomic E-state index is 0.204. The van der Waals surface area contributed by atoms with Crippen LogP contribution in [-0.4, -0.2) is 12.3 Å². The molecular weight excluding hydrogens is 246 g/mol. The maximum Gasteiger partial charge on any atom is 0.156 e. The minimum Gasteiger partial charge on any atom is -0.313 e. The highest BCUT2D eigenvalue weighted by Gasteiger charge is 2.25. The molecule has 0 radical (unpaired) electrons. The zero-order valence-corrected chi connectivity index (χ0v) is 13.2. The van der Waals surface area contributed by atoms with Crippen LogP contribution in [0.3, 0.4) is 0 Å². The lowest BCUT2D eigenvalue weighted by Gasteiger charge is -2.27. The van der Waals surface area contributed by atoms with Crippen LogP contribution in [0.1, 0.15) is 46.1 Å². The molecule has 0 atom stereocenters. The van der Waals surface area contributed by atoms with Crippen molar-refractivity contribution in [3.8, 4) is 0 Å². The van der Waals surface area contributed by atoms with Gasteiger partial charge in [0.05, 0.1) is 0 Å². The lowest BCUT2D eigenvalue weighted by molar-refractivity contribution is -0.117. The number of allylic oxidation sites excluding steroid dienone is 2. The highest BCUT2D eigenvalue weighted by atomic mass is 16.1. The number of carbonyl (C=O) groups excluding carboxylic acids is 1. The van der Waals surface area contributed by atoms with Gasteiger partial charge in [-0.25, -0.2) is 0 Å². The molecule has 2 rings (SSSR count). The first-order valence-electron chi connectivity index (χ1n) is 7.37. The SMILES string of the molecule is CC1=CC(=O)CC(C)(C)C1.CCNCc1ccccc1. The summed E-state index contributed by atoms with van der Waals surface area (Å²) in [6, 6.07) is 10.4. The number of benzene rings is 1. The van der Waals surface area contributed by atoms with Gasteiger partial charge < -0.3 is 5.32 Å². The monoisotopic (exact) mass is 273 g/mol. The molecular formula is C18H27NO. The molecule has 0 spiro atoms. The second-order valence-electron chi connectivity index (χ2n) is 6.24. The molecule has 0 unspecified atom stereocenters. The van der Waals surface area contributed by atoms with Gasteiger partial charge in [0.25, 0.3) is 0 Å². The fourth-order valence-electron chi connectivity index (χ4n) is 2.53. The zero-order chi connectivity index (χ0) is 15.0. The van der Waals surface area contributed by atoms with Crippen LogP contribution in [0.25, 0.3) is 0 Å². The second-order valence-corrected chi connectivity index (χ2v) is 6.24. The standard InChI is InChI=1S/C9H13N.C9H14O/c1-2-10-8-9-6-4-3-5-7-9;1-7-4-8(10)6-9(2,3)5-7/h3-7,10H,2,8H2,1H3;4H,5-6H2,1-3H3. The summed E-state index contributed by atoms with van der Waals surface area (Å²) in [5.41, 5.74) is 2.78. The van der Waals surface area contributed by atoms with Crippen molar-refractivity contribution < 1.29 is 4.79 Å². The number of hydrogen-bond acceptors (Lipinski definition) is 2. The third-order valence-electron chi connectivity index (χ3n) is 3.24. The number of rotatable bonds is 3. The largest absolute Gasteiger partial charge is 0.313 e. The van der Waals surface area contributed by atoms with E-state index in [1.807, 2.05) is 13.0 Å². The van der Waals surface area contributed by atoms with Gasteiger partial charge in [-0.1, -0.05) is 56.7 Å². The predicted octanol–water partition coefficient (Wildman–Crippen LogP) is 4.12.